The fraction of sp³-hybridized carbons (Fsp3) is 0.462. The van der Waals surface area contributed by atoms with E-state index >= 15 is 0 Å². The number of rotatable bonds is 5. The van der Waals surface area contributed by atoms with Crippen molar-refractivity contribution >= 4 is 11.9 Å². The normalized spacial score (nSPS) is 8.57. The number of aliphatic hydroxyl groups excluding tert-OH is 6. The molecule has 9 heteroatoms. The van der Waals surface area contributed by atoms with Gasteiger partial charge in [0.25, 0.3) is 0 Å². The van der Waals surface area contributed by atoms with Crippen LogP contribution in [0.2, 0.25) is 0 Å². The van der Waals surface area contributed by atoms with Crippen LogP contribution in [0.5, 0.6) is 0 Å². The molecule has 0 aliphatic heterocycles. The lowest BCUT2D eigenvalue weighted by atomic mass is 10.3. The zero-order valence-corrected chi connectivity index (χ0v) is 22.6. The Hall–Kier alpha value is -2.66. The molecule has 0 radical (unpaired) electrons. The Bertz CT molecular complexity index is 380. The molecule has 0 aromatic heterocycles. The van der Waals surface area contributed by atoms with Gasteiger partial charge in [-0.25, -0.2) is 9.59 Å². The highest BCUT2D eigenvalue weighted by Crippen LogP contribution is 1.92. The van der Waals surface area contributed by atoms with Crippen molar-refractivity contribution in [2.24, 2.45) is 0 Å². The molecule has 0 spiro atoms. The van der Waals surface area contributed by atoms with Gasteiger partial charge in [0.15, 0.2) is 12.2 Å². The van der Waals surface area contributed by atoms with Crippen molar-refractivity contribution in [3.63, 3.8) is 0 Å². The van der Waals surface area contributed by atoms with E-state index in [0.717, 1.165) is 0 Å². The van der Waals surface area contributed by atoms with Crippen molar-refractivity contribution in [3.8, 4) is 0 Å². The minimum Gasteiger partial charge on any atom is -0.394 e. The van der Waals surface area contributed by atoms with Crippen LogP contribution >= 0.6 is 0 Å². The molecule has 0 aromatic rings. The van der Waals surface area contributed by atoms with Gasteiger partial charge in [-0.3, -0.25) is 0 Å². The Morgan fingerprint density at radius 1 is 0.571 bits per heavy atom. The third-order valence-corrected chi connectivity index (χ3v) is 1.19. The van der Waals surface area contributed by atoms with Crippen LogP contribution in [0.4, 0.5) is 0 Å². The molecule has 9 nitrogen and oxygen atoms in total. The predicted molar refractivity (Wildman–Crippen MR) is 147 cm³/mol. The van der Waals surface area contributed by atoms with E-state index in [1.165, 1.54) is 0 Å². The van der Waals surface area contributed by atoms with E-state index < -0.39 is 37.4 Å². The summed E-state index contributed by atoms with van der Waals surface area (Å²) in [6, 6.07) is 0. The van der Waals surface area contributed by atoms with E-state index in [4.69, 9.17) is 30.6 Å². The second-order valence-electron chi connectivity index (χ2n) is 5.03. The topological polar surface area (TPSA) is 165 Å². The molecule has 0 rings (SSSR count). The Kier molecular flexibility index (Phi) is 107. The Morgan fingerprint density at radius 3 is 0.800 bits per heavy atom. The van der Waals surface area contributed by atoms with Crippen LogP contribution in [0, 0.1) is 0 Å². The monoisotopic (exact) mass is 508 g/mol. The van der Waals surface area contributed by atoms with Crippen LogP contribution < -0.4 is 0 Å². The van der Waals surface area contributed by atoms with Crippen LogP contribution in [-0.4, -0.2) is 81.2 Å². The Morgan fingerprint density at radius 2 is 0.714 bits per heavy atom. The van der Waals surface area contributed by atoms with Crippen LogP contribution in [0.3, 0.4) is 0 Å². The van der Waals surface area contributed by atoms with E-state index in [9.17, 15) is 9.59 Å². The summed E-state index contributed by atoms with van der Waals surface area (Å²) in [6.07, 6.45) is 6.85. The molecule has 0 aliphatic carbocycles. The number of carbonyl (C=O) groups excluding carboxylic acids is 2. The summed E-state index contributed by atoms with van der Waals surface area (Å²) in [7, 11) is 0. The predicted octanol–water partition coefficient (Wildman–Crippen LogP) is 2.89. The number of ether oxygens (including phenoxy) is 1. The number of aliphatic hydroxyl groups is 6. The number of hydrogen-bond acceptors (Lipinski definition) is 9. The lowest BCUT2D eigenvalue weighted by Crippen LogP contribution is -2.34. The van der Waals surface area contributed by atoms with Gasteiger partial charge in [-0.2, -0.15) is 0 Å². The molecule has 2 unspecified atom stereocenters. The van der Waals surface area contributed by atoms with E-state index in [2.05, 4.69) is 44.2 Å². The van der Waals surface area contributed by atoms with Gasteiger partial charge in [-0.05, 0) is 41.5 Å². The summed E-state index contributed by atoms with van der Waals surface area (Å²) in [6.45, 7) is 29.5. The molecule has 6 N–H and O–H groups in total. The van der Waals surface area contributed by atoms with E-state index in [1.807, 2.05) is 41.5 Å². The van der Waals surface area contributed by atoms with Crippen molar-refractivity contribution in [2.45, 2.75) is 53.8 Å². The molecule has 0 bridgehead atoms. The molecule has 210 valence electrons. The molecule has 0 heterocycles. The molecule has 0 aliphatic rings. The molecule has 0 saturated heterocycles. The molecular formula is C26H52O9. The first-order valence-corrected chi connectivity index (χ1v) is 10.4. The highest BCUT2D eigenvalue weighted by molar-refractivity contribution is 5.89. The zero-order chi connectivity index (χ0) is 30.1. The first kappa shape index (κ1) is 53.6. The second kappa shape index (κ2) is 69.7. The third kappa shape index (κ3) is 131. The Labute approximate surface area is 213 Å². The van der Waals surface area contributed by atoms with Gasteiger partial charge in [0.1, 0.15) is 0 Å². The first-order chi connectivity index (χ1) is 16.4. The molecule has 0 amide bonds. The van der Waals surface area contributed by atoms with Crippen molar-refractivity contribution < 1.29 is 45.0 Å². The minimum absolute atomic E-state index is 0.125. The maximum absolute atomic E-state index is 10.6. The summed E-state index contributed by atoms with van der Waals surface area (Å²) < 4.78 is 3.86. The summed E-state index contributed by atoms with van der Waals surface area (Å²) in [5.41, 5.74) is 0. The van der Waals surface area contributed by atoms with Crippen molar-refractivity contribution in [1.29, 1.82) is 0 Å². The van der Waals surface area contributed by atoms with Crippen LogP contribution in [-0.2, 0) is 14.3 Å². The summed E-state index contributed by atoms with van der Waals surface area (Å²) in [5.74, 6) is -2.75. The van der Waals surface area contributed by atoms with Gasteiger partial charge in [0.05, 0.1) is 26.4 Å². The number of carbonyl (C=O) groups is 2. The number of hydrogen-bond donors (Lipinski definition) is 6. The highest BCUT2D eigenvalue weighted by Gasteiger charge is 2.23. The van der Waals surface area contributed by atoms with E-state index in [0.29, 0.717) is 0 Å². The van der Waals surface area contributed by atoms with Gasteiger partial charge >= 0.3 is 11.9 Å². The largest absolute Gasteiger partial charge is 0.394 e. The summed E-state index contributed by atoms with van der Waals surface area (Å²) in [4.78, 5) is 21.1. The van der Waals surface area contributed by atoms with E-state index in [1.54, 1.807) is 36.5 Å². The Balaban J connectivity index is -0.0000000458. The smallest absolute Gasteiger partial charge is 0.345 e. The highest BCUT2D eigenvalue weighted by atomic mass is 16.6. The average molecular weight is 509 g/mol. The third-order valence-electron chi connectivity index (χ3n) is 1.19. The minimum atomic E-state index is -1.82. The van der Waals surface area contributed by atoms with Gasteiger partial charge in [-0.15, -0.1) is 39.5 Å². The summed E-state index contributed by atoms with van der Waals surface area (Å²) in [5, 5.41) is 48.9. The SMILES string of the molecule is C=CC.C=CC.C=CC.C=CC.C=CC.C=CC.O=C(OC(=O)C(O)CO)C(O)CO.OCCO. The first-order valence-electron chi connectivity index (χ1n) is 10.4. The lowest BCUT2D eigenvalue weighted by molar-refractivity contribution is -0.173. The average Bonchev–Trinajstić information content (AvgIpc) is 2.81. The van der Waals surface area contributed by atoms with Gasteiger partial charge in [-0.1, -0.05) is 36.5 Å². The zero-order valence-electron chi connectivity index (χ0n) is 22.6. The van der Waals surface area contributed by atoms with Gasteiger partial charge in [0, 0.05) is 0 Å². The van der Waals surface area contributed by atoms with Crippen molar-refractivity contribution in [3.05, 3.63) is 75.9 Å². The summed E-state index contributed by atoms with van der Waals surface area (Å²) >= 11 is 0. The molecule has 0 saturated carbocycles. The van der Waals surface area contributed by atoms with Crippen LogP contribution in [0.15, 0.2) is 75.9 Å². The van der Waals surface area contributed by atoms with Crippen LogP contribution in [0.25, 0.3) is 0 Å². The van der Waals surface area contributed by atoms with Crippen LogP contribution in [0.1, 0.15) is 41.5 Å². The number of allylic oxidation sites excluding steroid dienone is 6. The number of esters is 2. The standard InChI is InChI=1S/C6H10O7.6C3H6.C2H6O2/c7-1-3(9)5(11)13-6(12)4(10)2-8;6*1-3-2;3-1-2-4/h3-4,7-10H,1-2H2;6*3H,1H2,2H3;3-4H,1-2H2. The molecular weight excluding hydrogens is 456 g/mol. The fourth-order valence-corrected chi connectivity index (χ4v) is 0.384. The van der Waals surface area contributed by atoms with Gasteiger partial charge < -0.3 is 35.4 Å². The van der Waals surface area contributed by atoms with Gasteiger partial charge in [0.2, 0.25) is 0 Å². The quantitative estimate of drug-likeness (QED) is 0.186. The molecule has 2 atom stereocenters. The maximum Gasteiger partial charge on any atom is 0.345 e. The van der Waals surface area contributed by atoms with Crippen molar-refractivity contribution in [2.75, 3.05) is 26.4 Å². The fourth-order valence-electron chi connectivity index (χ4n) is 0.384. The van der Waals surface area contributed by atoms with Crippen molar-refractivity contribution in [1.82, 2.24) is 0 Å². The second-order valence-corrected chi connectivity index (χ2v) is 5.03. The molecule has 0 aromatic carbocycles. The molecule has 0 fully saturated rings. The molecule has 35 heavy (non-hydrogen) atoms. The lowest BCUT2D eigenvalue weighted by Gasteiger charge is -2.08. The maximum atomic E-state index is 10.6. The van der Waals surface area contributed by atoms with E-state index in [-0.39, 0.29) is 13.2 Å².